The van der Waals surface area contributed by atoms with E-state index in [1.54, 1.807) is 0 Å². The molecule has 0 radical (unpaired) electrons. The number of para-hydroxylation sites is 1. The van der Waals surface area contributed by atoms with Crippen molar-refractivity contribution in [1.29, 1.82) is 0 Å². The molecule has 1 unspecified atom stereocenters. The Morgan fingerprint density at radius 1 is 0.535 bits per heavy atom. The molecule has 4 heteroatoms. The van der Waals surface area contributed by atoms with Crippen molar-refractivity contribution < 1.29 is 4.42 Å². The summed E-state index contributed by atoms with van der Waals surface area (Å²) in [5, 5.41) is 11.9. The lowest BCUT2D eigenvalue weighted by Gasteiger charge is -2.22. The van der Waals surface area contributed by atoms with Gasteiger partial charge in [0, 0.05) is 58.9 Å². The second-order valence-electron chi connectivity index (χ2n) is 18.9. The van der Waals surface area contributed by atoms with Crippen LogP contribution in [0.15, 0.2) is 228 Å². The number of hydrogen-bond acceptors (Lipinski definition) is 3. The number of aromatic nitrogens is 1. The second-order valence-corrected chi connectivity index (χ2v) is 20.0. The molecule has 0 spiro atoms. The highest BCUT2D eigenvalue weighted by Crippen LogP contribution is 2.45. The molecule has 1 atom stereocenters. The van der Waals surface area contributed by atoms with Crippen LogP contribution in [0.2, 0.25) is 0 Å². The number of benzene rings is 10. The number of allylic oxidation sites excluding steroid dienone is 2. The Labute approximate surface area is 416 Å². The molecule has 0 aliphatic carbocycles. The van der Waals surface area contributed by atoms with Gasteiger partial charge in [-0.25, -0.2) is 0 Å². The van der Waals surface area contributed by atoms with Gasteiger partial charge < -0.3 is 8.98 Å². The first kappa shape index (κ1) is 42.8. The maximum atomic E-state index is 6.81. The van der Waals surface area contributed by atoms with Crippen LogP contribution >= 0.6 is 11.3 Å². The molecule has 0 fully saturated rings. The van der Waals surface area contributed by atoms with Crippen molar-refractivity contribution in [3.05, 3.63) is 235 Å². The van der Waals surface area contributed by atoms with Crippen LogP contribution in [-0.2, 0) is 0 Å². The average molecular weight is 931 g/mol. The van der Waals surface area contributed by atoms with Gasteiger partial charge in [-0.1, -0.05) is 179 Å². The van der Waals surface area contributed by atoms with Crippen LogP contribution in [0, 0.1) is 5.92 Å². The Morgan fingerprint density at radius 3 is 1.80 bits per heavy atom. The van der Waals surface area contributed by atoms with Crippen LogP contribution < -0.4 is 0 Å². The molecule has 0 aliphatic heterocycles. The molecule has 0 saturated carbocycles. The van der Waals surface area contributed by atoms with Crippen molar-refractivity contribution in [3.63, 3.8) is 0 Å². The molecule has 0 bridgehead atoms. The summed E-state index contributed by atoms with van der Waals surface area (Å²) in [6.45, 7) is 11.8. The summed E-state index contributed by atoms with van der Waals surface area (Å²) >= 11 is 1.84. The fourth-order valence-corrected chi connectivity index (χ4v) is 12.1. The summed E-state index contributed by atoms with van der Waals surface area (Å²) in [5.74, 6) is 0.0593. The molecule has 13 aromatic rings. The largest absolute Gasteiger partial charge is 0.456 e. The molecule has 10 aromatic carbocycles. The van der Waals surface area contributed by atoms with Gasteiger partial charge in [0.25, 0.3) is 0 Å². The van der Waals surface area contributed by atoms with Gasteiger partial charge in [0.2, 0.25) is 0 Å². The van der Waals surface area contributed by atoms with Gasteiger partial charge in [0.05, 0.1) is 28.1 Å². The molecule has 71 heavy (non-hydrogen) atoms. The first-order valence-corrected chi connectivity index (χ1v) is 25.6. The Bertz CT molecular complexity index is 4240. The SMILES string of the molecule is C=C(/C(CC)=C(\N=C(\c1cc2c(cc1-n1c3cc4ccccc4cc3c3cc4ccccc4cc31)oc1ccccc12)C(C)CC)c1cccc2sc3ccccc3c12)c1ccc(-c2ccccc2)cc1. The molecule has 0 amide bonds. The minimum Gasteiger partial charge on any atom is -0.456 e. The number of nitrogens with zero attached hydrogens (tertiary/aromatic N) is 2. The summed E-state index contributed by atoms with van der Waals surface area (Å²) in [6, 6.07) is 75.1. The van der Waals surface area contributed by atoms with E-state index < -0.39 is 0 Å². The third kappa shape index (κ3) is 7.12. The van der Waals surface area contributed by atoms with Gasteiger partial charge in [-0.2, -0.15) is 0 Å². The molecule has 0 aliphatic rings. The predicted octanol–water partition coefficient (Wildman–Crippen LogP) is 19.4. The topological polar surface area (TPSA) is 30.4 Å². The van der Waals surface area contributed by atoms with Crippen molar-refractivity contribution in [2.45, 2.75) is 33.6 Å². The van der Waals surface area contributed by atoms with Crippen molar-refractivity contribution in [2.24, 2.45) is 10.9 Å². The molecule has 3 aromatic heterocycles. The maximum Gasteiger partial charge on any atom is 0.137 e. The fraction of sp³-hybridized carbons (Fsp3) is 0.0896. The van der Waals surface area contributed by atoms with Crippen LogP contribution in [0.3, 0.4) is 0 Å². The quantitative estimate of drug-likeness (QED) is 0.0993. The zero-order valence-corrected chi connectivity index (χ0v) is 40.9. The Kier molecular flexibility index (Phi) is 10.4. The molecule has 340 valence electrons. The van der Waals surface area contributed by atoms with Crippen molar-refractivity contribution in [3.8, 4) is 16.8 Å². The number of rotatable bonds is 10. The van der Waals surface area contributed by atoms with E-state index in [-0.39, 0.29) is 5.92 Å². The number of aliphatic imine (C=N–C) groups is 1. The molecular weight excluding hydrogens is 881 g/mol. The van der Waals surface area contributed by atoms with E-state index in [2.05, 4.69) is 232 Å². The monoisotopic (exact) mass is 930 g/mol. The first-order valence-electron chi connectivity index (χ1n) is 24.8. The van der Waals surface area contributed by atoms with Crippen molar-refractivity contribution >= 4 is 114 Å². The smallest absolute Gasteiger partial charge is 0.137 e. The second kappa shape index (κ2) is 17.3. The van der Waals surface area contributed by atoms with Crippen LogP contribution in [0.5, 0.6) is 0 Å². The Morgan fingerprint density at radius 2 is 1.13 bits per heavy atom. The Hall–Kier alpha value is -8.31. The zero-order valence-electron chi connectivity index (χ0n) is 40.0. The molecule has 0 N–H and O–H groups in total. The van der Waals surface area contributed by atoms with E-state index in [1.807, 2.05) is 11.3 Å². The van der Waals surface area contributed by atoms with Crippen LogP contribution in [0.25, 0.3) is 114 Å². The third-order valence-corrected chi connectivity index (χ3v) is 16.0. The minimum absolute atomic E-state index is 0.0593. The van der Waals surface area contributed by atoms with Gasteiger partial charge in [-0.3, -0.25) is 4.99 Å². The van der Waals surface area contributed by atoms with E-state index in [9.17, 15) is 0 Å². The van der Waals surface area contributed by atoms with Crippen LogP contribution in [0.4, 0.5) is 0 Å². The lowest BCUT2D eigenvalue weighted by atomic mass is 9.89. The summed E-state index contributed by atoms with van der Waals surface area (Å²) in [4.78, 5) is 6.20. The molecule has 3 nitrogen and oxygen atoms in total. The predicted molar refractivity (Wildman–Crippen MR) is 307 cm³/mol. The number of hydrogen-bond donors (Lipinski definition) is 0. The lowest BCUT2D eigenvalue weighted by Crippen LogP contribution is -2.16. The van der Waals surface area contributed by atoms with Crippen LogP contribution in [-0.4, -0.2) is 10.3 Å². The van der Waals surface area contributed by atoms with Gasteiger partial charge in [0.1, 0.15) is 11.2 Å². The van der Waals surface area contributed by atoms with Gasteiger partial charge in [-0.15, -0.1) is 11.3 Å². The number of fused-ring (bicyclic) bond motifs is 11. The van der Waals surface area contributed by atoms with E-state index >= 15 is 0 Å². The molecular formula is C67H50N2OS. The zero-order chi connectivity index (χ0) is 47.7. The van der Waals surface area contributed by atoms with Crippen molar-refractivity contribution in [2.75, 3.05) is 0 Å². The third-order valence-electron chi connectivity index (χ3n) is 14.8. The molecule has 13 rings (SSSR count). The van der Waals surface area contributed by atoms with Gasteiger partial charge in [-0.05, 0) is 117 Å². The van der Waals surface area contributed by atoms with E-state index in [4.69, 9.17) is 16.0 Å². The fourth-order valence-electron chi connectivity index (χ4n) is 11.0. The average Bonchev–Trinajstić information content (AvgIpc) is 4.09. The summed E-state index contributed by atoms with van der Waals surface area (Å²) in [7, 11) is 0. The normalized spacial score (nSPS) is 13.1. The summed E-state index contributed by atoms with van der Waals surface area (Å²) in [5.41, 5.74) is 14.7. The summed E-state index contributed by atoms with van der Waals surface area (Å²) < 4.78 is 11.8. The van der Waals surface area contributed by atoms with E-state index in [0.717, 1.165) is 90.7 Å². The van der Waals surface area contributed by atoms with E-state index in [0.29, 0.717) is 0 Å². The standard InChI is InChI=1S/C67H50N2OS/c1-5-41(3)66(68-67(53-27-18-30-64-65(53)52-26-15-17-29-63(52)71-64)50(6-2)42(4)43-31-33-45(34-32-43)44-19-8-7-9-20-44)57-39-56-51-25-14-16-28-61(51)70-62(56)40-60(57)69-58-37-48-23-12-10-21-46(48)35-54(58)55-36-47-22-11-13-24-49(47)38-59(55)69/h7-41H,4-6H2,1-3H3/b67-50-,68-66+. The first-order chi connectivity index (χ1) is 34.9. The molecule has 3 heterocycles. The summed E-state index contributed by atoms with van der Waals surface area (Å²) in [6.07, 6.45) is 1.61. The highest BCUT2D eigenvalue weighted by molar-refractivity contribution is 7.25. The minimum atomic E-state index is 0.0593. The maximum absolute atomic E-state index is 6.81. The molecule has 0 saturated heterocycles. The Balaban J connectivity index is 1.14. The highest BCUT2D eigenvalue weighted by atomic mass is 32.1. The van der Waals surface area contributed by atoms with E-state index in [1.165, 1.54) is 63.6 Å². The van der Waals surface area contributed by atoms with Gasteiger partial charge in [0.15, 0.2) is 0 Å². The number of thiophene rings is 1. The van der Waals surface area contributed by atoms with Crippen LogP contribution in [0.1, 0.15) is 50.3 Å². The highest BCUT2D eigenvalue weighted by Gasteiger charge is 2.26. The van der Waals surface area contributed by atoms with Gasteiger partial charge >= 0.3 is 0 Å². The number of furan rings is 1. The lowest BCUT2D eigenvalue weighted by molar-refractivity contribution is 0.668. The van der Waals surface area contributed by atoms with Crippen molar-refractivity contribution in [1.82, 2.24) is 4.57 Å².